The zero-order valence-electron chi connectivity index (χ0n) is 10.6. The predicted octanol–water partition coefficient (Wildman–Crippen LogP) is 3.91. The number of hydrogen-bond acceptors (Lipinski definition) is 2. The molecule has 2 atom stereocenters. The van der Waals surface area contributed by atoms with Gasteiger partial charge in [-0.25, -0.2) is 0 Å². The molecule has 2 N–H and O–H groups in total. The van der Waals surface area contributed by atoms with Crippen LogP contribution in [-0.4, -0.2) is 6.61 Å². The van der Waals surface area contributed by atoms with Gasteiger partial charge in [0, 0.05) is 17.0 Å². The molecule has 0 spiro atoms. The molecule has 0 fully saturated rings. The number of ether oxygens (including phenoxy) is 1. The summed E-state index contributed by atoms with van der Waals surface area (Å²) >= 11 is 6.25. The topological polar surface area (TPSA) is 35.2 Å². The van der Waals surface area contributed by atoms with Crippen molar-refractivity contribution < 1.29 is 4.74 Å². The molecule has 1 heterocycles. The number of nitrogens with two attached hydrogens (primary N) is 1. The second-order valence-corrected chi connectivity index (χ2v) is 5.24. The second kappa shape index (κ2) is 5.24. The number of benzene rings is 2. The summed E-state index contributed by atoms with van der Waals surface area (Å²) in [5.74, 6) is 1.20. The maximum Gasteiger partial charge on any atom is 0.122 e. The Morgan fingerprint density at radius 2 is 1.84 bits per heavy atom. The fourth-order valence-corrected chi connectivity index (χ4v) is 2.97. The highest BCUT2D eigenvalue weighted by Gasteiger charge is 2.28. The number of para-hydroxylation sites is 1. The van der Waals surface area contributed by atoms with E-state index in [-0.39, 0.29) is 12.0 Å². The molecule has 3 heteroatoms. The van der Waals surface area contributed by atoms with Gasteiger partial charge in [0.15, 0.2) is 0 Å². The first-order valence-electron chi connectivity index (χ1n) is 6.49. The summed E-state index contributed by atoms with van der Waals surface area (Å²) in [6.45, 7) is 0.708. The van der Waals surface area contributed by atoms with E-state index in [0.29, 0.717) is 6.61 Å². The molecule has 0 aliphatic carbocycles. The molecule has 2 aromatic rings. The molecule has 1 aliphatic rings. The van der Waals surface area contributed by atoms with E-state index in [4.69, 9.17) is 22.1 Å². The molecule has 2 unspecified atom stereocenters. The highest BCUT2D eigenvalue weighted by molar-refractivity contribution is 6.31. The quantitative estimate of drug-likeness (QED) is 0.900. The average Bonchev–Trinajstić information content (AvgIpc) is 2.46. The highest BCUT2D eigenvalue weighted by Crippen LogP contribution is 2.41. The lowest BCUT2D eigenvalue weighted by Crippen LogP contribution is -2.25. The summed E-state index contributed by atoms with van der Waals surface area (Å²) in [4.78, 5) is 0. The van der Waals surface area contributed by atoms with Gasteiger partial charge in [-0.05, 0) is 29.7 Å². The Morgan fingerprint density at radius 3 is 2.68 bits per heavy atom. The third kappa shape index (κ3) is 2.34. The van der Waals surface area contributed by atoms with E-state index in [1.54, 1.807) is 0 Å². The van der Waals surface area contributed by atoms with Crippen molar-refractivity contribution in [2.24, 2.45) is 5.73 Å². The first-order chi connectivity index (χ1) is 9.27. The Bertz CT molecular complexity index is 584. The van der Waals surface area contributed by atoms with Gasteiger partial charge < -0.3 is 10.5 Å². The first-order valence-corrected chi connectivity index (χ1v) is 6.87. The monoisotopic (exact) mass is 273 g/mol. The first kappa shape index (κ1) is 12.5. The van der Waals surface area contributed by atoms with Crippen molar-refractivity contribution >= 4 is 11.6 Å². The summed E-state index contributed by atoms with van der Waals surface area (Å²) in [6, 6.07) is 15.8. The molecular formula is C16H16ClNO. The Labute approximate surface area is 118 Å². The standard InChI is InChI=1S/C16H16ClNO/c17-14-7-3-1-6-13(14)16(18)12-9-10-19-15-8-4-2-5-11(12)15/h1-8,12,16H,9-10,18H2. The van der Waals surface area contributed by atoms with Crippen LogP contribution in [0.5, 0.6) is 5.75 Å². The van der Waals surface area contributed by atoms with Crippen LogP contribution in [-0.2, 0) is 0 Å². The Kier molecular flexibility index (Phi) is 3.45. The molecule has 2 nitrogen and oxygen atoms in total. The number of fused-ring (bicyclic) bond motifs is 1. The molecule has 1 aliphatic heterocycles. The number of hydrogen-bond donors (Lipinski definition) is 1. The van der Waals surface area contributed by atoms with Gasteiger partial charge in [-0.2, -0.15) is 0 Å². The fourth-order valence-electron chi connectivity index (χ4n) is 2.70. The number of rotatable bonds is 2. The molecular weight excluding hydrogens is 258 g/mol. The summed E-state index contributed by atoms with van der Waals surface area (Å²) in [5.41, 5.74) is 8.63. The summed E-state index contributed by atoms with van der Waals surface area (Å²) < 4.78 is 5.68. The largest absolute Gasteiger partial charge is 0.493 e. The Balaban J connectivity index is 1.98. The Hall–Kier alpha value is -1.51. The fraction of sp³-hybridized carbons (Fsp3) is 0.250. The van der Waals surface area contributed by atoms with Gasteiger partial charge in [-0.3, -0.25) is 0 Å². The average molecular weight is 274 g/mol. The molecule has 98 valence electrons. The van der Waals surface area contributed by atoms with E-state index in [1.165, 1.54) is 5.56 Å². The summed E-state index contributed by atoms with van der Waals surface area (Å²) in [6.07, 6.45) is 0.920. The molecule has 19 heavy (non-hydrogen) atoms. The lowest BCUT2D eigenvalue weighted by Gasteiger charge is -2.30. The van der Waals surface area contributed by atoms with E-state index < -0.39 is 0 Å². The van der Waals surface area contributed by atoms with Gasteiger partial charge >= 0.3 is 0 Å². The van der Waals surface area contributed by atoms with Crippen molar-refractivity contribution in [2.75, 3.05) is 6.61 Å². The van der Waals surface area contributed by atoms with E-state index in [9.17, 15) is 0 Å². The van der Waals surface area contributed by atoms with Crippen molar-refractivity contribution in [3.05, 3.63) is 64.7 Å². The van der Waals surface area contributed by atoms with Crippen LogP contribution in [0.4, 0.5) is 0 Å². The molecule has 0 saturated heterocycles. The van der Waals surface area contributed by atoms with Crippen LogP contribution in [0, 0.1) is 0 Å². The van der Waals surface area contributed by atoms with Gasteiger partial charge in [0.2, 0.25) is 0 Å². The van der Waals surface area contributed by atoms with Crippen LogP contribution < -0.4 is 10.5 Å². The van der Waals surface area contributed by atoms with Gasteiger partial charge in [0.25, 0.3) is 0 Å². The zero-order valence-corrected chi connectivity index (χ0v) is 11.3. The molecule has 3 rings (SSSR count). The van der Waals surface area contributed by atoms with Crippen molar-refractivity contribution in [2.45, 2.75) is 18.4 Å². The van der Waals surface area contributed by atoms with Crippen molar-refractivity contribution in [3.8, 4) is 5.75 Å². The third-order valence-electron chi connectivity index (χ3n) is 3.70. The smallest absolute Gasteiger partial charge is 0.122 e. The molecule has 0 aromatic heterocycles. The molecule has 0 radical (unpaired) electrons. The van der Waals surface area contributed by atoms with Gasteiger partial charge in [-0.1, -0.05) is 48.0 Å². The van der Waals surface area contributed by atoms with Crippen LogP contribution in [0.15, 0.2) is 48.5 Å². The van der Waals surface area contributed by atoms with Crippen LogP contribution in [0.2, 0.25) is 5.02 Å². The van der Waals surface area contributed by atoms with Gasteiger partial charge in [0.1, 0.15) is 5.75 Å². The lowest BCUT2D eigenvalue weighted by atomic mass is 9.84. The van der Waals surface area contributed by atoms with E-state index in [2.05, 4.69) is 6.07 Å². The summed E-state index contributed by atoms with van der Waals surface area (Å²) in [7, 11) is 0. The number of halogens is 1. The second-order valence-electron chi connectivity index (χ2n) is 4.83. The molecule has 2 aromatic carbocycles. The normalized spacial score (nSPS) is 19.4. The molecule has 0 bridgehead atoms. The van der Waals surface area contributed by atoms with Crippen LogP contribution in [0.3, 0.4) is 0 Å². The predicted molar refractivity (Wildman–Crippen MR) is 77.7 cm³/mol. The lowest BCUT2D eigenvalue weighted by molar-refractivity contribution is 0.255. The van der Waals surface area contributed by atoms with Crippen LogP contribution >= 0.6 is 11.6 Å². The van der Waals surface area contributed by atoms with Crippen LogP contribution in [0.25, 0.3) is 0 Å². The molecule has 0 saturated carbocycles. The van der Waals surface area contributed by atoms with E-state index in [1.807, 2.05) is 42.5 Å². The highest BCUT2D eigenvalue weighted by atomic mass is 35.5. The summed E-state index contributed by atoms with van der Waals surface area (Å²) in [5, 5.41) is 0.735. The SMILES string of the molecule is NC(c1ccccc1Cl)C1CCOc2ccccc21. The minimum Gasteiger partial charge on any atom is -0.493 e. The van der Waals surface area contributed by atoms with E-state index in [0.717, 1.165) is 22.8 Å². The van der Waals surface area contributed by atoms with Crippen LogP contribution in [0.1, 0.15) is 29.5 Å². The third-order valence-corrected chi connectivity index (χ3v) is 4.05. The Morgan fingerprint density at radius 1 is 1.11 bits per heavy atom. The van der Waals surface area contributed by atoms with Crippen molar-refractivity contribution in [3.63, 3.8) is 0 Å². The maximum absolute atomic E-state index is 6.45. The van der Waals surface area contributed by atoms with Gasteiger partial charge in [-0.15, -0.1) is 0 Å². The van der Waals surface area contributed by atoms with Gasteiger partial charge in [0.05, 0.1) is 6.61 Å². The minimum absolute atomic E-state index is 0.0984. The van der Waals surface area contributed by atoms with Crippen molar-refractivity contribution in [1.82, 2.24) is 0 Å². The van der Waals surface area contributed by atoms with Crippen molar-refractivity contribution in [1.29, 1.82) is 0 Å². The minimum atomic E-state index is -0.0984. The van der Waals surface area contributed by atoms with E-state index >= 15 is 0 Å². The zero-order chi connectivity index (χ0) is 13.2. The maximum atomic E-state index is 6.45. The molecule has 0 amide bonds.